The zero-order chi connectivity index (χ0) is 20.0. The number of hydrogen-bond acceptors (Lipinski definition) is 4. The minimum Gasteiger partial charge on any atom is -0.443 e. The fourth-order valence-electron chi connectivity index (χ4n) is 3.65. The van der Waals surface area contributed by atoms with Gasteiger partial charge in [-0.25, -0.2) is 9.78 Å². The molecule has 0 N–H and O–H groups in total. The van der Waals surface area contributed by atoms with E-state index in [9.17, 15) is 4.79 Å². The summed E-state index contributed by atoms with van der Waals surface area (Å²) < 4.78 is 5.61. The van der Waals surface area contributed by atoms with E-state index in [4.69, 9.17) is 4.74 Å². The lowest BCUT2D eigenvalue weighted by atomic mass is 9.96. The van der Waals surface area contributed by atoms with E-state index in [1.165, 1.54) is 31.2 Å². The van der Waals surface area contributed by atoms with Gasteiger partial charge in [0.2, 0.25) is 0 Å². The van der Waals surface area contributed by atoms with Crippen LogP contribution in [0.5, 0.6) is 0 Å². The van der Waals surface area contributed by atoms with Crippen LogP contribution in [-0.2, 0) is 4.74 Å². The Morgan fingerprint density at radius 3 is 2.63 bits per heavy atom. The summed E-state index contributed by atoms with van der Waals surface area (Å²) in [6.07, 6.45) is 7.36. The van der Waals surface area contributed by atoms with Gasteiger partial charge in [-0.1, -0.05) is 26.3 Å². The number of aromatic nitrogens is 1. The maximum Gasteiger partial charge on any atom is 0.416 e. The summed E-state index contributed by atoms with van der Waals surface area (Å²) in [5.41, 5.74) is 0.728. The van der Waals surface area contributed by atoms with Gasteiger partial charge in [0.15, 0.2) is 0 Å². The van der Waals surface area contributed by atoms with Crippen molar-refractivity contribution in [2.45, 2.75) is 91.3 Å². The van der Waals surface area contributed by atoms with E-state index in [2.05, 4.69) is 29.8 Å². The Morgan fingerprint density at radius 1 is 1.33 bits per heavy atom. The van der Waals surface area contributed by atoms with Crippen molar-refractivity contribution in [2.24, 2.45) is 0 Å². The number of likely N-dealkylation sites (tertiary alicyclic amines) is 1. The molecule has 1 aromatic rings. The number of anilines is 1. The standard InChI is InChI=1S/C22H37N3O2/c1-7-14-24-15-10-9-11-19(24)18-12-13-20(23-16-18)25(17(3)8-2)21(26)27-22(4,5)6/h12-13,16-17,19H,7-11,14-15H2,1-6H3/t17-,19-/m0/s1. The number of pyridine rings is 1. The molecule has 1 aromatic heterocycles. The van der Waals surface area contributed by atoms with Crippen LogP contribution in [0, 0.1) is 0 Å². The molecule has 0 spiro atoms. The predicted octanol–water partition coefficient (Wildman–Crippen LogP) is 5.56. The average molecular weight is 376 g/mol. The summed E-state index contributed by atoms with van der Waals surface area (Å²) in [5, 5.41) is 0. The highest BCUT2D eigenvalue weighted by molar-refractivity contribution is 5.87. The summed E-state index contributed by atoms with van der Waals surface area (Å²) >= 11 is 0. The van der Waals surface area contributed by atoms with Gasteiger partial charge in [-0.05, 0) is 78.1 Å². The van der Waals surface area contributed by atoms with Gasteiger partial charge < -0.3 is 4.74 Å². The Balaban J connectivity index is 2.22. The van der Waals surface area contributed by atoms with Crippen LogP contribution in [0.25, 0.3) is 0 Å². The summed E-state index contributed by atoms with van der Waals surface area (Å²) in [4.78, 5) is 21.7. The van der Waals surface area contributed by atoms with Crippen LogP contribution < -0.4 is 4.90 Å². The molecule has 5 heteroatoms. The highest BCUT2D eigenvalue weighted by atomic mass is 16.6. The normalized spacial score (nSPS) is 19.6. The smallest absolute Gasteiger partial charge is 0.416 e. The van der Waals surface area contributed by atoms with Gasteiger partial charge in [-0.2, -0.15) is 0 Å². The molecule has 5 nitrogen and oxygen atoms in total. The monoisotopic (exact) mass is 375 g/mol. The number of nitrogens with zero attached hydrogens (tertiary/aromatic N) is 3. The second-order valence-corrected chi connectivity index (χ2v) is 8.60. The van der Waals surface area contributed by atoms with E-state index < -0.39 is 5.60 Å². The van der Waals surface area contributed by atoms with Gasteiger partial charge in [-0.3, -0.25) is 9.80 Å². The van der Waals surface area contributed by atoms with Crippen LogP contribution in [0.15, 0.2) is 18.3 Å². The van der Waals surface area contributed by atoms with Gasteiger partial charge in [0, 0.05) is 18.3 Å². The van der Waals surface area contributed by atoms with Crippen LogP contribution in [-0.4, -0.2) is 40.7 Å². The molecular weight excluding hydrogens is 338 g/mol. The SMILES string of the molecule is CCCN1CCCC[C@H]1c1ccc(N(C(=O)OC(C)(C)C)[C@@H](C)CC)nc1. The Hall–Kier alpha value is -1.62. The molecule has 2 heterocycles. The Bertz CT molecular complexity index is 593. The zero-order valence-corrected chi connectivity index (χ0v) is 18.0. The molecule has 1 fully saturated rings. The predicted molar refractivity (Wildman–Crippen MR) is 111 cm³/mol. The molecule has 0 saturated carbocycles. The highest BCUT2D eigenvalue weighted by Gasteiger charge is 2.28. The van der Waals surface area contributed by atoms with Crippen molar-refractivity contribution in [2.75, 3.05) is 18.0 Å². The lowest BCUT2D eigenvalue weighted by Gasteiger charge is -2.36. The first-order chi connectivity index (χ1) is 12.8. The number of carbonyl (C=O) groups excluding carboxylic acids is 1. The molecule has 1 amide bonds. The summed E-state index contributed by atoms with van der Waals surface area (Å²) in [7, 11) is 0. The van der Waals surface area contributed by atoms with Crippen molar-refractivity contribution in [3.05, 3.63) is 23.9 Å². The number of rotatable bonds is 6. The molecule has 0 aliphatic carbocycles. The van der Waals surface area contributed by atoms with Crippen LogP contribution in [0.2, 0.25) is 0 Å². The molecule has 0 aromatic carbocycles. The highest BCUT2D eigenvalue weighted by Crippen LogP contribution is 2.31. The van der Waals surface area contributed by atoms with Crippen molar-refractivity contribution >= 4 is 11.9 Å². The third kappa shape index (κ3) is 5.93. The fourth-order valence-corrected chi connectivity index (χ4v) is 3.65. The van der Waals surface area contributed by atoms with Crippen molar-refractivity contribution in [3.8, 4) is 0 Å². The maximum atomic E-state index is 12.7. The maximum absolute atomic E-state index is 12.7. The third-order valence-electron chi connectivity index (χ3n) is 5.15. The third-order valence-corrected chi connectivity index (χ3v) is 5.15. The fraction of sp³-hybridized carbons (Fsp3) is 0.727. The van der Waals surface area contributed by atoms with E-state index in [1.54, 1.807) is 4.90 Å². The van der Waals surface area contributed by atoms with E-state index in [-0.39, 0.29) is 12.1 Å². The lowest BCUT2D eigenvalue weighted by Crippen LogP contribution is -2.42. The Kier molecular flexibility index (Phi) is 7.66. The molecule has 0 unspecified atom stereocenters. The second-order valence-electron chi connectivity index (χ2n) is 8.60. The molecule has 152 valence electrons. The van der Waals surface area contributed by atoms with Crippen LogP contribution in [0.1, 0.15) is 85.3 Å². The van der Waals surface area contributed by atoms with Crippen molar-refractivity contribution in [3.63, 3.8) is 0 Å². The molecule has 1 saturated heterocycles. The average Bonchev–Trinajstić information content (AvgIpc) is 2.61. The first kappa shape index (κ1) is 21.7. The molecule has 2 rings (SSSR count). The lowest BCUT2D eigenvalue weighted by molar-refractivity contribution is 0.0566. The number of piperidine rings is 1. The number of amides is 1. The van der Waals surface area contributed by atoms with E-state index in [0.29, 0.717) is 11.9 Å². The Morgan fingerprint density at radius 2 is 2.07 bits per heavy atom. The molecule has 1 aliphatic rings. The molecule has 1 aliphatic heterocycles. The quantitative estimate of drug-likeness (QED) is 0.653. The van der Waals surface area contributed by atoms with Crippen molar-refractivity contribution in [1.82, 2.24) is 9.88 Å². The van der Waals surface area contributed by atoms with Crippen LogP contribution in [0.3, 0.4) is 0 Å². The largest absolute Gasteiger partial charge is 0.443 e. The molecule has 27 heavy (non-hydrogen) atoms. The zero-order valence-electron chi connectivity index (χ0n) is 18.0. The first-order valence-electron chi connectivity index (χ1n) is 10.5. The van der Waals surface area contributed by atoms with Gasteiger partial charge in [0.1, 0.15) is 11.4 Å². The Labute approximate surface area is 165 Å². The van der Waals surface area contributed by atoms with E-state index in [0.717, 1.165) is 19.5 Å². The summed E-state index contributed by atoms with van der Waals surface area (Å²) in [6.45, 7) is 14.3. The summed E-state index contributed by atoms with van der Waals surface area (Å²) in [6, 6.07) is 4.59. The topological polar surface area (TPSA) is 45.7 Å². The van der Waals surface area contributed by atoms with Crippen LogP contribution in [0.4, 0.5) is 10.6 Å². The number of hydrogen-bond donors (Lipinski definition) is 0. The van der Waals surface area contributed by atoms with Gasteiger partial charge in [0.05, 0.1) is 0 Å². The minimum absolute atomic E-state index is 0.0319. The van der Waals surface area contributed by atoms with Gasteiger partial charge in [0.25, 0.3) is 0 Å². The van der Waals surface area contributed by atoms with Gasteiger partial charge in [-0.15, -0.1) is 0 Å². The van der Waals surface area contributed by atoms with E-state index >= 15 is 0 Å². The second kappa shape index (κ2) is 9.54. The number of ether oxygens (including phenoxy) is 1. The first-order valence-corrected chi connectivity index (χ1v) is 10.5. The van der Waals surface area contributed by atoms with Crippen molar-refractivity contribution in [1.29, 1.82) is 0 Å². The molecule has 0 bridgehead atoms. The summed E-state index contributed by atoms with van der Waals surface area (Å²) in [5.74, 6) is 0.667. The minimum atomic E-state index is -0.522. The van der Waals surface area contributed by atoms with Gasteiger partial charge >= 0.3 is 6.09 Å². The van der Waals surface area contributed by atoms with E-state index in [1.807, 2.05) is 40.0 Å². The van der Waals surface area contributed by atoms with Crippen LogP contribution >= 0.6 is 0 Å². The molecule has 2 atom stereocenters. The molecule has 0 radical (unpaired) electrons. The number of carbonyl (C=O) groups is 1. The van der Waals surface area contributed by atoms with Crippen molar-refractivity contribution < 1.29 is 9.53 Å². The molecular formula is C22H37N3O2.